The summed E-state index contributed by atoms with van der Waals surface area (Å²) in [6.07, 6.45) is 0.0893. The van der Waals surface area contributed by atoms with Crippen molar-refractivity contribution in [3.8, 4) is 5.75 Å². The Labute approximate surface area is 159 Å². The monoisotopic (exact) mass is 367 g/mol. The Morgan fingerprint density at radius 3 is 2.33 bits per heavy atom. The van der Waals surface area contributed by atoms with Gasteiger partial charge < -0.3 is 10.1 Å². The van der Waals surface area contributed by atoms with Gasteiger partial charge in [0.15, 0.2) is 6.61 Å². The number of nitrogens with one attached hydrogen (secondary N) is 2. The molecule has 0 saturated heterocycles. The molecule has 0 aliphatic rings. The lowest BCUT2D eigenvalue weighted by atomic mass is 10.1. The van der Waals surface area contributed by atoms with Crippen molar-refractivity contribution < 1.29 is 14.3 Å². The predicted octanol–water partition coefficient (Wildman–Crippen LogP) is 3.51. The topological polar surface area (TPSA) is 79.8 Å². The molecule has 6 nitrogen and oxygen atoms in total. The standard InChI is InChI=1S/C21H25N3O3/c1-14-5-9-19(10-6-14)27-13-21(26)24-23-17(4)12-20(25)22-18-8-7-15(2)16(3)11-18/h5-11H,12-13H2,1-4H3,(H,22,25)(H,24,26)/b23-17+. The Morgan fingerprint density at radius 2 is 1.67 bits per heavy atom. The zero-order chi connectivity index (χ0) is 19.8. The van der Waals surface area contributed by atoms with Crippen molar-refractivity contribution in [3.63, 3.8) is 0 Å². The van der Waals surface area contributed by atoms with Crippen LogP contribution in [0.1, 0.15) is 30.0 Å². The van der Waals surface area contributed by atoms with Crippen molar-refractivity contribution >= 4 is 23.2 Å². The van der Waals surface area contributed by atoms with Crippen LogP contribution in [0.15, 0.2) is 47.6 Å². The summed E-state index contributed by atoms with van der Waals surface area (Å²) in [5, 5.41) is 6.76. The molecule has 2 aromatic rings. The molecule has 142 valence electrons. The molecule has 0 fully saturated rings. The van der Waals surface area contributed by atoms with Crippen LogP contribution in [0.3, 0.4) is 0 Å². The summed E-state index contributed by atoms with van der Waals surface area (Å²) in [7, 11) is 0. The van der Waals surface area contributed by atoms with E-state index in [2.05, 4.69) is 15.8 Å². The number of carbonyl (C=O) groups excluding carboxylic acids is 2. The molecule has 6 heteroatoms. The van der Waals surface area contributed by atoms with Gasteiger partial charge in [0, 0.05) is 11.4 Å². The first kappa shape index (κ1) is 20.2. The van der Waals surface area contributed by atoms with Crippen molar-refractivity contribution in [2.45, 2.75) is 34.1 Å². The molecule has 2 N–H and O–H groups in total. The Bertz CT molecular complexity index is 842. The van der Waals surface area contributed by atoms with Crippen molar-refractivity contribution in [1.29, 1.82) is 0 Å². The molecule has 0 atom stereocenters. The van der Waals surface area contributed by atoms with Crippen molar-refractivity contribution in [1.82, 2.24) is 5.43 Å². The predicted molar refractivity (Wildman–Crippen MR) is 107 cm³/mol. The quantitative estimate of drug-likeness (QED) is 0.580. The van der Waals surface area contributed by atoms with Gasteiger partial charge in [-0.2, -0.15) is 5.10 Å². The maximum absolute atomic E-state index is 12.1. The van der Waals surface area contributed by atoms with Gasteiger partial charge in [0.05, 0.1) is 6.42 Å². The van der Waals surface area contributed by atoms with Gasteiger partial charge in [0.1, 0.15) is 5.75 Å². The number of hydrogen-bond acceptors (Lipinski definition) is 4. The van der Waals surface area contributed by atoms with Gasteiger partial charge in [-0.1, -0.05) is 23.8 Å². The number of hydrogen-bond donors (Lipinski definition) is 2. The minimum Gasteiger partial charge on any atom is -0.484 e. The summed E-state index contributed by atoms with van der Waals surface area (Å²) < 4.78 is 5.38. The molecule has 0 spiro atoms. The number of amides is 2. The number of carbonyl (C=O) groups is 2. The van der Waals surface area contributed by atoms with Gasteiger partial charge in [-0.3, -0.25) is 9.59 Å². The van der Waals surface area contributed by atoms with Crippen LogP contribution in [0.4, 0.5) is 5.69 Å². The molecule has 0 aliphatic carbocycles. The van der Waals surface area contributed by atoms with Crippen molar-refractivity contribution in [2.75, 3.05) is 11.9 Å². The Morgan fingerprint density at radius 1 is 0.963 bits per heavy atom. The largest absolute Gasteiger partial charge is 0.484 e. The lowest BCUT2D eigenvalue weighted by Crippen LogP contribution is -2.26. The molecular weight excluding hydrogens is 342 g/mol. The summed E-state index contributed by atoms with van der Waals surface area (Å²) >= 11 is 0. The average molecular weight is 367 g/mol. The summed E-state index contributed by atoms with van der Waals surface area (Å²) in [6.45, 7) is 7.52. The molecule has 0 saturated carbocycles. The number of ether oxygens (including phenoxy) is 1. The maximum atomic E-state index is 12.1. The number of benzene rings is 2. The van der Waals surface area contributed by atoms with E-state index in [1.165, 1.54) is 5.56 Å². The number of nitrogens with zero attached hydrogens (tertiary/aromatic N) is 1. The SMILES string of the molecule is C/C(CC(=O)Nc1ccc(C)c(C)c1)=N\NC(=O)COc1ccc(C)cc1. The van der Waals surface area contributed by atoms with E-state index in [9.17, 15) is 9.59 Å². The number of hydrazone groups is 1. The van der Waals surface area contributed by atoms with Crippen LogP contribution >= 0.6 is 0 Å². The maximum Gasteiger partial charge on any atom is 0.277 e. The highest BCUT2D eigenvalue weighted by Crippen LogP contribution is 2.14. The summed E-state index contributed by atoms with van der Waals surface area (Å²) in [4.78, 5) is 23.9. The van der Waals surface area contributed by atoms with E-state index in [1.807, 2.05) is 51.1 Å². The second kappa shape index (κ2) is 9.52. The third-order valence-electron chi connectivity index (χ3n) is 3.97. The normalized spacial score (nSPS) is 11.0. The first-order chi connectivity index (χ1) is 12.8. The van der Waals surface area contributed by atoms with Crippen LogP contribution in [0.25, 0.3) is 0 Å². The summed E-state index contributed by atoms with van der Waals surface area (Å²) in [6, 6.07) is 13.1. The highest BCUT2D eigenvalue weighted by Gasteiger charge is 2.07. The van der Waals surface area contributed by atoms with Crippen molar-refractivity contribution in [3.05, 3.63) is 59.2 Å². The van der Waals surface area contributed by atoms with Crippen LogP contribution in [0.2, 0.25) is 0 Å². The van der Waals surface area contributed by atoms with E-state index >= 15 is 0 Å². The molecule has 2 rings (SSSR count). The smallest absolute Gasteiger partial charge is 0.277 e. The Hall–Kier alpha value is -3.15. The molecule has 2 aromatic carbocycles. The second-order valence-corrected chi connectivity index (χ2v) is 6.51. The first-order valence-electron chi connectivity index (χ1n) is 8.72. The average Bonchev–Trinajstić information content (AvgIpc) is 2.62. The molecule has 0 aromatic heterocycles. The van der Waals surface area contributed by atoms with Crippen LogP contribution in [0, 0.1) is 20.8 Å². The molecular formula is C21H25N3O3. The highest BCUT2D eigenvalue weighted by atomic mass is 16.5. The van der Waals surface area contributed by atoms with E-state index in [1.54, 1.807) is 19.1 Å². The van der Waals surface area contributed by atoms with Gasteiger partial charge in [0.2, 0.25) is 5.91 Å². The first-order valence-corrected chi connectivity index (χ1v) is 8.72. The van der Waals surface area contributed by atoms with E-state index in [4.69, 9.17) is 4.74 Å². The molecule has 0 bridgehead atoms. The van der Waals surface area contributed by atoms with E-state index < -0.39 is 0 Å². The van der Waals surface area contributed by atoms with Crippen LogP contribution in [-0.4, -0.2) is 24.1 Å². The number of rotatable bonds is 7. The fraction of sp³-hybridized carbons (Fsp3) is 0.286. The molecule has 0 heterocycles. The second-order valence-electron chi connectivity index (χ2n) is 6.51. The highest BCUT2D eigenvalue weighted by molar-refractivity contribution is 6.05. The van der Waals surface area contributed by atoms with Gasteiger partial charge in [-0.05, 0) is 63.1 Å². The van der Waals surface area contributed by atoms with Crippen LogP contribution in [-0.2, 0) is 9.59 Å². The third kappa shape index (κ3) is 6.93. The van der Waals surface area contributed by atoms with Crippen LogP contribution in [0.5, 0.6) is 5.75 Å². The molecule has 0 radical (unpaired) electrons. The molecule has 2 amide bonds. The number of anilines is 1. The van der Waals surface area contributed by atoms with Gasteiger partial charge in [-0.25, -0.2) is 5.43 Å². The molecule has 27 heavy (non-hydrogen) atoms. The zero-order valence-corrected chi connectivity index (χ0v) is 16.1. The lowest BCUT2D eigenvalue weighted by molar-refractivity contribution is -0.123. The van der Waals surface area contributed by atoms with E-state index in [-0.39, 0.29) is 24.8 Å². The molecule has 0 unspecified atom stereocenters. The van der Waals surface area contributed by atoms with Crippen LogP contribution < -0.4 is 15.5 Å². The van der Waals surface area contributed by atoms with Gasteiger partial charge in [-0.15, -0.1) is 0 Å². The minimum atomic E-state index is -0.385. The summed E-state index contributed by atoms with van der Waals surface area (Å²) in [5.74, 6) is 0.0402. The minimum absolute atomic E-state index is 0.0893. The van der Waals surface area contributed by atoms with Gasteiger partial charge >= 0.3 is 0 Å². The summed E-state index contributed by atoms with van der Waals surface area (Å²) in [5.41, 5.74) is 7.03. The Balaban J connectivity index is 1.76. The Kier molecular flexibility index (Phi) is 7.11. The van der Waals surface area contributed by atoms with Crippen molar-refractivity contribution in [2.24, 2.45) is 5.10 Å². The fourth-order valence-corrected chi connectivity index (χ4v) is 2.27. The molecule has 0 aliphatic heterocycles. The lowest BCUT2D eigenvalue weighted by Gasteiger charge is -2.08. The van der Waals surface area contributed by atoms with E-state index in [0.717, 1.165) is 16.8 Å². The third-order valence-corrected chi connectivity index (χ3v) is 3.97. The van der Waals surface area contributed by atoms with Gasteiger partial charge in [0.25, 0.3) is 5.91 Å². The fourth-order valence-electron chi connectivity index (χ4n) is 2.27. The zero-order valence-electron chi connectivity index (χ0n) is 16.1. The number of aryl methyl sites for hydroxylation is 3. The van der Waals surface area contributed by atoms with E-state index in [0.29, 0.717) is 11.5 Å².